The fourth-order valence-corrected chi connectivity index (χ4v) is 2.73. The van der Waals surface area contributed by atoms with Crippen LogP contribution in [-0.2, 0) is 0 Å². The van der Waals surface area contributed by atoms with Gasteiger partial charge in [-0.15, -0.1) is 0 Å². The molecule has 25 heavy (non-hydrogen) atoms. The second-order valence-electron chi connectivity index (χ2n) is 8.73. The molecule has 0 saturated heterocycles. The average Bonchev–Trinajstić information content (AvgIpc) is 2.92. The van der Waals surface area contributed by atoms with Gasteiger partial charge in [-0.1, -0.05) is 47.5 Å². The molecule has 0 bridgehead atoms. The van der Waals surface area contributed by atoms with E-state index in [-0.39, 0.29) is 0 Å². The van der Waals surface area contributed by atoms with Gasteiger partial charge in [0.15, 0.2) is 0 Å². The summed E-state index contributed by atoms with van der Waals surface area (Å²) < 4.78 is 0. The molecule has 0 aliphatic heterocycles. The first kappa shape index (κ1) is 27.1. The first-order valence-corrected chi connectivity index (χ1v) is 10.6. The minimum atomic E-state index is 0.384. The molecule has 0 aromatic rings. The summed E-state index contributed by atoms with van der Waals surface area (Å²) >= 11 is 0. The van der Waals surface area contributed by atoms with E-state index in [9.17, 15) is 0 Å². The largest absolute Gasteiger partial charge is 0.330 e. The molecule has 2 rings (SSSR count). The first-order valence-electron chi connectivity index (χ1n) is 10.6. The highest BCUT2D eigenvalue weighted by atomic mass is 14.6. The SMILES string of the molecule is CC(C)CN.CC1CCC(N)C1.CCC(C)N.C[C@H]1CCC[C@@H](N)C1. The van der Waals surface area contributed by atoms with Gasteiger partial charge >= 0.3 is 0 Å². The van der Waals surface area contributed by atoms with Crippen molar-refractivity contribution in [2.75, 3.05) is 6.54 Å². The molecule has 2 fully saturated rings. The van der Waals surface area contributed by atoms with Crippen LogP contribution in [0.5, 0.6) is 0 Å². The maximum atomic E-state index is 5.73. The zero-order chi connectivity index (χ0) is 19.8. The fourth-order valence-electron chi connectivity index (χ4n) is 2.73. The maximum absolute atomic E-state index is 5.73. The molecule has 2 aliphatic carbocycles. The number of nitrogens with two attached hydrogens (primary N) is 4. The predicted molar refractivity (Wildman–Crippen MR) is 114 cm³/mol. The molecule has 0 aromatic carbocycles. The van der Waals surface area contributed by atoms with E-state index in [0.717, 1.165) is 24.8 Å². The Hall–Kier alpha value is -0.160. The minimum Gasteiger partial charge on any atom is -0.330 e. The summed E-state index contributed by atoms with van der Waals surface area (Å²) in [5.41, 5.74) is 21.8. The summed E-state index contributed by atoms with van der Waals surface area (Å²) in [6.45, 7) is 13.6. The highest BCUT2D eigenvalue weighted by molar-refractivity contribution is 4.74. The Morgan fingerprint density at radius 2 is 1.24 bits per heavy atom. The van der Waals surface area contributed by atoms with Crippen molar-refractivity contribution in [1.82, 2.24) is 0 Å². The molecule has 0 aromatic heterocycles. The van der Waals surface area contributed by atoms with E-state index < -0.39 is 0 Å². The van der Waals surface area contributed by atoms with Gasteiger partial charge in [-0.2, -0.15) is 0 Å². The molecule has 4 heteroatoms. The summed E-state index contributed by atoms with van der Waals surface area (Å²) in [4.78, 5) is 0. The molecule has 4 nitrogen and oxygen atoms in total. The van der Waals surface area contributed by atoms with E-state index in [4.69, 9.17) is 22.9 Å². The highest BCUT2D eigenvalue weighted by Gasteiger charge is 2.16. The van der Waals surface area contributed by atoms with Gasteiger partial charge in [0.1, 0.15) is 0 Å². The summed E-state index contributed by atoms with van der Waals surface area (Å²) in [6.07, 6.45) is 10.2. The van der Waals surface area contributed by atoms with Gasteiger partial charge in [0.05, 0.1) is 0 Å². The second-order valence-corrected chi connectivity index (χ2v) is 8.73. The molecule has 2 aliphatic rings. The molecule has 3 unspecified atom stereocenters. The van der Waals surface area contributed by atoms with Crippen LogP contribution in [0, 0.1) is 17.8 Å². The maximum Gasteiger partial charge on any atom is 0.00414 e. The van der Waals surface area contributed by atoms with Crippen LogP contribution in [0.25, 0.3) is 0 Å². The van der Waals surface area contributed by atoms with Crippen LogP contribution in [0.3, 0.4) is 0 Å². The standard InChI is InChI=1S/C7H15N.C6H13N.2C4H11N/c1-6-3-2-4-7(8)5-6;1-5-2-3-6(7)4-5;1-4(2)3-5;1-3-4(2)5/h6-7H,2-5,8H2,1H3;5-6H,2-4,7H2,1H3;2*4H,3,5H2,1-2H3/t6-,7+;;;/m0.../s1. The van der Waals surface area contributed by atoms with Crippen molar-refractivity contribution in [2.24, 2.45) is 40.7 Å². The Bertz CT molecular complexity index is 245. The monoisotopic (exact) mass is 358 g/mol. The molecule has 5 atom stereocenters. The first-order chi connectivity index (χ1) is 11.6. The molecule has 0 amide bonds. The third-order valence-electron chi connectivity index (χ3n) is 4.83. The van der Waals surface area contributed by atoms with Crippen molar-refractivity contribution in [2.45, 2.75) is 111 Å². The third-order valence-corrected chi connectivity index (χ3v) is 4.83. The van der Waals surface area contributed by atoms with Crippen LogP contribution in [-0.4, -0.2) is 24.7 Å². The topological polar surface area (TPSA) is 104 Å². The highest BCUT2D eigenvalue weighted by Crippen LogP contribution is 2.22. The summed E-state index contributed by atoms with van der Waals surface area (Å²) in [7, 11) is 0. The van der Waals surface area contributed by atoms with Crippen LogP contribution < -0.4 is 22.9 Å². The van der Waals surface area contributed by atoms with Crippen molar-refractivity contribution < 1.29 is 0 Å². The lowest BCUT2D eigenvalue weighted by Gasteiger charge is -2.22. The summed E-state index contributed by atoms with van der Waals surface area (Å²) in [5, 5.41) is 0. The normalized spacial score (nSPS) is 29.4. The summed E-state index contributed by atoms with van der Waals surface area (Å²) in [6, 6.07) is 1.42. The minimum absolute atomic E-state index is 0.384. The van der Waals surface area contributed by atoms with Crippen LogP contribution in [0.4, 0.5) is 0 Å². The van der Waals surface area contributed by atoms with Crippen LogP contribution in [0.2, 0.25) is 0 Å². The van der Waals surface area contributed by atoms with Gasteiger partial charge in [-0.05, 0) is 69.7 Å². The van der Waals surface area contributed by atoms with E-state index in [1.807, 2.05) is 6.92 Å². The smallest absolute Gasteiger partial charge is 0.00414 e. The molecule has 8 N–H and O–H groups in total. The van der Waals surface area contributed by atoms with Crippen molar-refractivity contribution in [1.29, 1.82) is 0 Å². The molecular formula is C21H50N4. The number of hydrogen-bond acceptors (Lipinski definition) is 4. The Morgan fingerprint density at radius 1 is 0.840 bits per heavy atom. The van der Waals surface area contributed by atoms with Crippen molar-refractivity contribution >= 4 is 0 Å². The molecular weight excluding hydrogens is 308 g/mol. The molecule has 2 saturated carbocycles. The van der Waals surface area contributed by atoms with Gasteiger partial charge < -0.3 is 22.9 Å². The number of rotatable bonds is 2. The van der Waals surface area contributed by atoms with Gasteiger partial charge in [0.2, 0.25) is 0 Å². The van der Waals surface area contributed by atoms with Gasteiger partial charge in [-0.3, -0.25) is 0 Å². The van der Waals surface area contributed by atoms with Gasteiger partial charge in [-0.25, -0.2) is 0 Å². The quantitative estimate of drug-likeness (QED) is 0.598. The molecule has 154 valence electrons. The third kappa shape index (κ3) is 21.8. The lowest BCUT2D eigenvalue weighted by Crippen LogP contribution is -2.26. The van der Waals surface area contributed by atoms with E-state index >= 15 is 0 Å². The Labute approximate surface area is 158 Å². The zero-order valence-electron chi connectivity index (χ0n) is 18.1. The van der Waals surface area contributed by atoms with Crippen molar-refractivity contribution in [3.8, 4) is 0 Å². The van der Waals surface area contributed by atoms with Gasteiger partial charge in [0, 0.05) is 18.1 Å². The lowest BCUT2D eigenvalue weighted by atomic mass is 9.88. The Kier molecular flexibility index (Phi) is 18.7. The van der Waals surface area contributed by atoms with E-state index in [2.05, 4.69) is 34.6 Å². The Balaban J connectivity index is 0. The average molecular weight is 359 g/mol. The second kappa shape index (κ2) is 17.3. The predicted octanol–water partition coefficient (Wildman–Crippen LogP) is 4.00. The van der Waals surface area contributed by atoms with E-state index in [0.29, 0.717) is 24.0 Å². The molecule has 0 radical (unpaired) electrons. The van der Waals surface area contributed by atoms with Crippen molar-refractivity contribution in [3.05, 3.63) is 0 Å². The van der Waals surface area contributed by atoms with Gasteiger partial charge in [0.25, 0.3) is 0 Å². The fraction of sp³-hybridized carbons (Fsp3) is 1.00. The summed E-state index contributed by atoms with van der Waals surface area (Å²) in [5.74, 6) is 2.45. The molecule has 0 spiro atoms. The van der Waals surface area contributed by atoms with Crippen LogP contribution in [0.1, 0.15) is 92.9 Å². The zero-order valence-corrected chi connectivity index (χ0v) is 18.1. The Morgan fingerprint density at radius 3 is 1.40 bits per heavy atom. The molecule has 0 heterocycles. The van der Waals surface area contributed by atoms with E-state index in [1.165, 1.54) is 44.9 Å². The number of hydrogen-bond donors (Lipinski definition) is 4. The lowest BCUT2D eigenvalue weighted by molar-refractivity contribution is 0.344. The van der Waals surface area contributed by atoms with Crippen LogP contribution in [0.15, 0.2) is 0 Å². The van der Waals surface area contributed by atoms with Crippen LogP contribution >= 0.6 is 0 Å². The van der Waals surface area contributed by atoms with E-state index in [1.54, 1.807) is 0 Å². The van der Waals surface area contributed by atoms with Crippen molar-refractivity contribution in [3.63, 3.8) is 0 Å².